The average Bonchev–Trinajstić information content (AvgIpc) is 3.34. The monoisotopic (exact) mass is 383 g/mol. The molecule has 2 saturated heterocycles. The van der Waals surface area contributed by atoms with E-state index in [1.165, 1.54) is 6.07 Å². The zero-order chi connectivity index (χ0) is 19.1. The van der Waals surface area contributed by atoms with Crippen molar-refractivity contribution in [1.29, 1.82) is 0 Å². The minimum atomic E-state index is -0.216. The minimum absolute atomic E-state index is 0.0801. The van der Waals surface area contributed by atoms with Crippen molar-refractivity contribution < 1.29 is 18.7 Å². The molecule has 3 atom stereocenters. The molecule has 2 fully saturated rings. The van der Waals surface area contributed by atoms with Gasteiger partial charge < -0.3 is 14.4 Å². The van der Waals surface area contributed by atoms with Crippen LogP contribution < -0.4 is 20.3 Å². The quantitative estimate of drug-likeness (QED) is 0.851. The lowest BCUT2D eigenvalue weighted by atomic mass is 9.84. The lowest BCUT2D eigenvalue weighted by Crippen LogP contribution is -2.48. The molecule has 3 heterocycles. The Morgan fingerprint density at radius 3 is 2.89 bits per heavy atom. The van der Waals surface area contributed by atoms with Crippen molar-refractivity contribution in [3.8, 4) is 11.5 Å². The van der Waals surface area contributed by atoms with Gasteiger partial charge in [0.1, 0.15) is 5.82 Å². The predicted molar refractivity (Wildman–Crippen MR) is 100 cm³/mol. The first-order chi connectivity index (χ1) is 13.7. The number of amides is 1. The molecule has 0 saturated carbocycles. The Kier molecular flexibility index (Phi) is 4.41. The summed E-state index contributed by atoms with van der Waals surface area (Å²) < 4.78 is 25.0. The van der Waals surface area contributed by atoms with Crippen LogP contribution in [0.15, 0.2) is 42.5 Å². The third kappa shape index (κ3) is 3.10. The third-order valence-electron chi connectivity index (χ3n) is 5.90. The Bertz CT molecular complexity index is 906. The summed E-state index contributed by atoms with van der Waals surface area (Å²) in [5, 5.41) is 0. The molecular formula is C21H22FN3O3. The van der Waals surface area contributed by atoms with Crippen LogP contribution in [-0.2, 0) is 11.2 Å². The van der Waals surface area contributed by atoms with E-state index in [9.17, 15) is 9.18 Å². The molecule has 3 aliphatic heterocycles. The number of carbonyl (C=O) groups is 1. The average molecular weight is 383 g/mol. The molecule has 0 aliphatic carbocycles. The van der Waals surface area contributed by atoms with Crippen LogP contribution in [-0.4, -0.2) is 36.7 Å². The second-order valence-corrected chi connectivity index (χ2v) is 7.55. The fourth-order valence-electron chi connectivity index (χ4n) is 4.40. The molecule has 2 aromatic rings. The molecule has 3 aliphatic rings. The van der Waals surface area contributed by atoms with Gasteiger partial charge in [-0.05, 0) is 30.2 Å². The number of rotatable bonds is 3. The van der Waals surface area contributed by atoms with Crippen LogP contribution in [0.5, 0.6) is 11.5 Å². The molecule has 3 unspecified atom stereocenters. The summed E-state index contributed by atoms with van der Waals surface area (Å²) in [5.41, 5.74) is 8.07. The number of hydrogen-bond acceptors (Lipinski definition) is 5. The van der Waals surface area contributed by atoms with Crippen molar-refractivity contribution in [3.63, 3.8) is 0 Å². The zero-order valence-electron chi connectivity index (χ0n) is 15.4. The Morgan fingerprint density at radius 1 is 1.14 bits per heavy atom. The number of hydrogen-bond donors (Lipinski definition) is 2. The number of nitrogens with one attached hydrogen (secondary N) is 2. The number of benzene rings is 2. The molecule has 0 bridgehead atoms. The van der Waals surface area contributed by atoms with E-state index in [-0.39, 0.29) is 36.5 Å². The molecule has 2 N–H and O–H groups in total. The number of ether oxygens (including phenoxy) is 2. The van der Waals surface area contributed by atoms with Crippen LogP contribution in [0.1, 0.15) is 23.6 Å². The van der Waals surface area contributed by atoms with Crippen LogP contribution in [0.4, 0.5) is 4.39 Å². The van der Waals surface area contributed by atoms with Crippen molar-refractivity contribution in [2.75, 3.05) is 19.9 Å². The summed E-state index contributed by atoms with van der Waals surface area (Å²) in [7, 11) is 0. The first-order valence-electron chi connectivity index (χ1n) is 9.61. The Morgan fingerprint density at radius 2 is 2.00 bits per heavy atom. The predicted octanol–water partition coefficient (Wildman–Crippen LogP) is 2.16. The van der Waals surface area contributed by atoms with Gasteiger partial charge in [0, 0.05) is 30.6 Å². The van der Waals surface area contributed by atoms with E-state index in [1.54, 1.807) is 6.07 Å². The van der Waals surface area contributed by atoms with E-state index >= 15 is 0 Å². The van der Waals surface area contributed by atoms with Gasteiger partial charge in [-0.3, -0.25) is 10.2 Å². The standard InChI is InChI=1S/C21H22FN3O3/c22-16-4-2-1-3-14(16)21-15-11-25(8-7-17(15)23-24-21)20(26)10-13-5-6-18-19(9-13)28-12-27-18/h1-6,9,15,17,21,23-24H,7-8,10-12H2. The van der Waals surface area contributed by atoms with Crippen molar-refractivity contribution >= 4 is 5.91 Å². The maximum atomic E-state index is 14.3. The fraction of sp³-hybridized carbons (Fsp3) is 0.381. The Labute approximate surface area is 162 Å². The molecule has 0 radical (unpaired) electrons. The molecule has 5 rings (SSSR count). The van der Waals surface area contributed by atoms with Crippen LogP contribution in [0.2, 0.25) is 0 Å². The van der Waals surface area contributed by atoms with Crippen molar-refractivity contribution in [1.82, 2.24) is 15.8 Å². The minimum Gasteiger partial charge on any atom is -0.454 e. The van der Waals surface area contributed by atoms with Crippen molar-refractivity contribution in [2.24, 2.45) is 5.92 Å². The van der Waals surface area contributed by atoms with Gasteiger partial charge in [-0.1, -0.05) is 24.3 Å². The molecule has 6 nitrogen and oxygen atoms in total. The molecule has 0 spiro atoms. The first-order valence-corrected chi connectivity index (χ1v) is 9.61. The number of nitrogens with zero attached hydrogens (tertiary/aromatic N) is 1. The highest BCUT2D eigenvalue weighted by atomic mass is 19.1. The highest BCUT2D eigenvalue weighted by molar-refractivity contribution is 5.79. The van der Waals surface area contributed by atoms with Gasteiger partial charge in [-0.2, -0.15) is 0 Å². The van der Waals surface area contributed by atoms with E-state index in [2.05, 4.69) is 10.9 Å². The second kappa shape index (κ2) is 7.07. The molecule has 28 heavy (non-hydrogen) atoms. The largest absolute Gasteiger partial charge is 0.454 e. The molecular weight excluding hydrogens is 361 g/mol. The normalized spacial score (nSPS) is 25.6. The lowest BCUT2D eigenvalue weighted by Gasteiger charge is -2.36. The van der Waals surface area contributed by atoms with Gasteiger partial charge in [0.2, 0.25) is 12.7 Å². The highest BCUT2D eigenvalue weighted by Gasteiger charge is 2.42. The number of hydrazine groups is 1. The zero-order valence-corrected chi connectivity index (χ0v) is 15.4. The summed E-state index contributed by atoms with van der Waals surface area (Å²) in [6, 6.07) is 12.5. The number of likely N-dealkylation sites (tertiary alicyclic amines) is 1. The van der Waals surface area contributed by atoms with Crippen LogP contribution in [0.25, 0.3) is 0 Å². The van der Waals surface area contributed by atoms with E-state index in [0.29, 0.717) is 36.6 Å². The Hall–Kier alpha value is -2.64. The first kappa shape index (κ1) is 17.5. The Balaban J connectivity index is 1.29. The summed E-state index contributed by atoms with van der Waals surface area (Å²) in [6.45, 7) is 1.52. The van der Waals surface area contributed by atoms with Crippen molar-refractivity contribution in [2.45, 2.75) is 24.9 Å². The number of halogens is 1. The molecule has 7 heteroatoms. The molecule has 0 aromatic heterocycles. The SMILES string of the molecule is O=C(Cc1ccc2c(c1)OCO2)N1CCC2NNC(c3ccccc3F)C2C1. The van der Waals surface area contributed by atoms with Crippen LogP contribution in [0, 0.1) is 11.7 Å². The number of piperidine rings is 1. The summed E-state index contributed by atoms with van der Waals surface area (Å²) >= 11 is 0. The second-order valence-electron chi connectivity index (χ2n) is 7.55. The molecule has 146 valence electrons. The third-order valence-corrected chi connectivity index (χ3v) is 5.90. The maximum absolute atomic E-state index is 14.3. The summed E-state index contributed by atoms with van der Waals surface area (Å²) in [5.74, 6) is 1.40. The van der Waals surface area contributed by atoms with E-state index in [1.807, 2.05) is 35.2 Å². The number of carbonyl (C=O) groups excluding carboxylic acids is 1. The summed E-state index contributed by atoms with van der Waals surface area (Å²) in [4.78, 5) is 14.8. The van der Waals surface area contributed by atoms with E-state index < -0.39 is 0 Å². The lowest BCUT2D eigenvalue weighted by molar-refractivity contribution is -0.132. The topological polar surface area (TPSA) is 62.8 Å². The van der Waals surface area contributed by atoms with Gasteiger partial charge in [-0.25, -0.2) is 9.82 Å². The molecule has 2 aromatic carbocycles. The fourth-order valence-corrected chi connectivity index (χ4v) is 4.40. The van der Waals surface area contributed by atoms with Gasteiger partial charge >= 0.3 is 0 Å². The maximum Gasteiger partial charge on any atom is 0.231 e. The van der Waals surface area contributed by atoms with E-state index in [4.69, 9.17) is 9.47 Å². The van der Waals surface area contributed by atoms with Crippen LogP contribution >= 0.6 is 0 Å². The summed E-state index contributed by atoms with van der Waals surface area (Å²) in [6.07, 6.45) is 1.16. The highest BCUT2D eigenvalue weighted by Crippen LogP contribution is 2.35. The molecule has 1 amide bonds. The van der Waals surface area contributed by atoms with Gasteiger partial charge in [-0.15, -0.1) is 0 Å². The van der Waals surface area contributed by atoms with Crippen molar-refractivity contribution in [3.05, 3.63) is 59.4 Å². The van der Waals surface area contributed by atoms with Gasteiger partial charge in [0.15, 0.2) is 11.5 Å². The van der Waals surface area contributed by atoms with E-state index in [0.717, 1.165) is 12.0 Å². The van der Waals surface area contributed by atoms with Gasteiger partial charge in [0.05, 0.1) is 12.5 Å². The smallest absolute Gasteiger partial charge is 0.231 e. The van der Waals surface area contributed by atoms with Crippen LogP contribution in [0.3, 0.4) is 0 Å². The number of fused-ring (bicyclic) bond motifs is 2. The van der Waals surface area contributed by atoms with Gasteiger partial charge in [0.25, 0.3) is 0 Å².